The molecule has 1 aromatic rings. The molecular weight excluding hydrogens is 371 g/mol. The highest BCUT2D eigenvalue weighted by Crippen LogP contribution is 2.57. The van der Waals surface area contributed by atoms with Gasteiger partial charge in [-0.3, -0.25) is 0 Å². The molecule has 2 atom stereocenters. The maximum absolute atomic E-state index is 13.8. The Labute approximate surface area is 134 Å². The fraction of sp³-hybridized carbons (Fsp3) is 0.571. The second-order valence-electron chi connectivity index (χ2n) is 5.81. The minimum Gasteiger partial charge on any atom is -0.479 e. The molecule has 0 amide bonds. The molecule has 1 aromatic carbocycles. The van der Waals surface area contributed by atoms with Crippen LogP contribution in [0.15, 0.2) is 18.2 Å². The molecule has 3 rings (SSSR count). The minimum atomic E-state index is -6.47. The van der Waals surface area contributed by atoms with Crippen LogP contribution >= 0.6 is 0 Å². The maximum atomic E-state index is 13.8. The molecule has 0 N–H and O–H groups in total. The number of ether oxygens (including phenoxy) is 2. The van der Waals surface area contributed by atoms with Gasteiger partial charge in [0.1, 0.15) is 31.3 Å². The summed E-state index contributed by atoms with van der Waals surface area (Å²) in [6.45, 7) is -2.59. The molecule has 2 unspecified atom stereocenters. The van der Waals surface area contributed by atoms with Crippen LogP contribution in [0.4, 0.5) is 39.5 Å². The maximum Gasteiger partial charge on any atom is 0.460 e. The van der Waals surface area contributed by atoms with E-state index in [0.717, 1.165) is 0 Å². The van der Waals surface area contributed by atoms with Crippen LogP contribution in [0.3, 0.4) is 0 Å². The molecule has 0 aliphatic carbocycles. The first-order valence-electron chi connectivity index (χ1n) is 6.84. The fourth-order valence-corrected chi connectivity index (χ4v) is 2.69. The van der Waals surface area contributed by atoms with Crippen molar-refractivity contribution in [1.82, 2.24) is 0 Å². The second-order valence-corrected chi connectivity index (χ2v) is 5.81. The van der Waals surface area contributed by atoms with Crippen LogP contribution in [-0.2, 0) is 10.7 Å². The molecule has 0 aromatic heterocycles. The van der Waals surface area contributed by atoms with Crippen molar-refractivity contribution in [2.75, 3.05) is 13.3 Å². The zero-order valence-corrected chi connectivity index (χ0v) is 12.0. The normalized spacial score (nSPS) is 25.0. The highest BCUT2D eigenvalue weighted by molar-refractivity contribution is 5.46. The summed E-state index contributed by atoms with van der Waals surface area (Å²) < 4.78 is 127. The molecule has 2 aliphatic heterocycles. The molecule has 0 spiro atoms. The van der Waals surface area contributed by atoms with Crippen LogP contribution in [-0.4, -0.2) is 37.2 Å². The van der Waals surface area contributed by atoms with Crippen LogP contribution in [0.2, 0.25) is 0 Å². The molecule has 2 aliphatic rings. The third-order valence-electron chi connectivity index (χ3n) is 4.20. The van der Waals surface area contributed by atoms with Gasteiger partial charge in [-0.25, -0.2) is 8.78 Å². The van der Waals surface area contributed by atoms with Crippen LogP contribution in [0.5, 0.6) is 5.75 Å². The fourth-order valence-electron chi connectivity index (χ4n) is 2.69. The van der Waals surface area contributed by atoms with Crippen molar-refractivity contribution in [3.8, 4) is 5.75 Å². The van der Waals surface area contributed by atoms with Crippen LogP contribution in [0, 0.1) is 0 Å². The van der Waals surface area contributed by atoms with E-state index in [1.54, 1.807) is 0 Å². The minimum absolute atomic E-state index is 0.266. The van der Waals surface area contributed by atoms with E-state index in [9.17, 15) is 39.5 Å². The summed E-state index contributed by atoms with van der Waals surface area (Å²) >= 11 is 0. The third-order valence-corrected chi connectivity index (χ3v) is 4.20. The SMILES string of the molecule is FCC1(CF)Oc2ccc(C(F)(F)C(F)(F)C(F)(F)F)cc2C2OC21. The van der Waals surface area contributed by atoms with Gasteiger partial charge in [0.15, 0.2) is 5.60 Å². The van der Waals surface area contributed by atoms with Crippen molar-refractivity contribution in [2.24, 2.45) is 0 Å². The Morgan fingerprint density at radius 1 is 0.960 bits per heavy atom. The Morgan fingerprint density at radius 2 is 1.56 bits per heavy atom. The summed E-state index contributed by atoms with van der Waals surface area (Å²) in [5.41, 5.74) is -3.87. The number of halogens is 9. The van der Waals surface area contributed by atoms with Crippen molar-refractivity contribution in [3.05, 3.63) is 29.3 Å². The number of rotatable bonds is 4. The van der Waals surface area contributed by atoms with Crippen LogP contribution < -0.4 is 4.74 Å². The van der Waals surface area contributed by atoms with Gasteiger partial charge in [0.2, 0.25) is 0 Å². The predicted octanol–water partition coefficient (Wildman–Crippen LogP) is 4.49. The van der Waals surface area contributed by atoms with E-state index >= 15 is 0 Å². The highest BCUT2D eigenvalue weighted by Gasteiger charge is 2.73. The number of hydrogen-bond acceptors (Lipinski definition) is 2. The number of alkyl halides is 9. The molecule has 0 saturated carbocycles. The van der Waals surface area contributed by atoms with Crippen LogP contribution in [0.25, 0.3) is 0 Å². The quantitative estimate of drug-likeness (QED) is 0.567. The van der Waals surface area contributed by atoms with Crippen molar-refractivity contribution >= 4 is 0 Å². The average molecular weight is 380 g/mol. The summed E-state index contributed by atoms with van der Waals surface area (Å²) in [7, 11) is 0. The van der Waals surface area contributed by atoms with Gasteiger partial charge < -0.3 is 9.47 Å². The van der Waals surface area contributed by atoms with E-state index < -0.39 is 54.7 Å². The lowest BCUT2D eigenvalue weighted by molar-refractivity contribution is -0.359. The van der Waals surface area contributed by atoms with E-state index in [-0.39, 0.29) is 11.3 Å². The Kier molecular flexibility index (Phi) is 3.76. The number of fused-ring (bicyclic) bond motifs is 3. The number of hydrogen-bond donors (Lipinski definition) is 0. The first kappa shape index (κ1) is 18.2. The zero-order chi connectivity index (χ0) is 18.8. The van der Waals surface area contributed by atoms with E-state index in [0.29, 0.717) is 18.2 Å². The smallest absolute Gasteiger partial charge is 0.460 e. The predicted molar refractivity (Wildman–Crippen MR) is 64.3 cm³/mol. The molecular formula is C14H9F9O2. The van der Waals surface area contributed by atoms with E-state index in [2.05, 4.69) is 0 Å². The molecule has 0 bridgehead atoms. The number of epoxide rings is 1. The van der Waals surface area contributed by atoms with Crippen molar-refractivity contribution < 1.29 is 49.0 Å². The van der Waals surface area contributed by atoms with E-state index in [4.69, 9.17) is 9.47 Å². The van der Waals surface area contributed by atoms with Gasteiger partial charge in [0.25, 0.3) is 0 Å². The van der Waals surface area contributed by atoms with Crippen molar-refractivity contribution in [2.45, 2.75) is 35.8 Å². The first-order valence-corrected chi connectivity index (χ1v) is 6.84. The summed E-state index contributed by atoms with van der Waals surface area (Å²) in [6, 6.07) is 1.34. The lowest BCUT2D eigenvalue weighted by Crippen LogP contribution is -2.50. The molecule has 25 heavy (non-hydrogen) atoms. The van der Waals surface area contributed by atoms with Gasteiger partial charge >= 0.3 is 18.0 Å². The first-order chi connectivity index (χ1) is 11.4. The van der Waals surface area contributed by atoms with Gasteiger partial charge in [0.05, 0.1) is 0 Å². The highest BCUT2D eigenvalue weighted by atomic mass is 19.4. The molecule has 0 radical (unpaired) electrons. The summed E-state index contributed by atoms with van der Waals surface area (Å²) in [5.74, 6) is -12.2. The average Bonchev–Trinajstić information content (AvgIpc) is 3.33. The topological polar surface area (TPSA) is 21.8 Å². The summed E-state index contributed by atoms with van der Waals surface area (Å²) in [4.78, 5) is 0. The Morgan fingerprint density at radius 3 is 2.08 bits per heavy atom. The second kappa shape index (κ2) is 5.18. The molecule has 11 heteroatoms. The van der Waals surface area contributed by atoms with Gasteiger partial charge in [-0.05, 0) is 18.2 Å². The van der Waals surface area contributed by atoms with Gasteiger partial charge in [0, 0.05) is 11.1 Å². The summed E-state index contributed by atoms with van der Waals surface area (Å²) in [5, 5.41) is 0. The zero-order valence-electron chi connectivity index (χ0n) is 12.0. The van der Waals surface area contributed by atoms with Gasteiger partial charge in [-0.15, -0.1) is 0 Å². The molecule has 140 valence electrons. The summed E-state index contributed by atoms with van der Waals surface area (Å²) in [6.07, 6.45) is -8.77. The third kappa shape index (κ3) is 2.38. The largest absolute Gasteiger partial charge is 0.479 e. The Balaban J connectivity index is 2.01. The van der Waals surface area contributed by atoms with Crippen molar-refractivity contribution in [3.63, 3.8) is 0 Å². The van der Waals surface area contributed by atoms with Crippen LogP contribution in [0.1, 0.15) is 17.2 Å². The lowest BCUT2D eigenvalue weighted by Gasteiger charge is -2.33. The number of benzene rings is 1. The Hall–Kier alpha value is -1.65. The Bertz CT molecular complexity index is 681. The van der Waals surface area contributed by atoms with Crippen molar-refractivity contribution in [1.29, 1.82) is 0 Å². The standard InChI is InChI=1S/C14H9F9O2/c15-4-11(5-16)10-9(24-10)7-3-6(1-2-8(7)25-11)12(17,18)13(19,20)14(21,22)23/h1-3,9-10H,4-5H2. The molecule has 2 nitrogen and oxygen atoms in total. The van der Waals surface area contributed by atoms with E-state index in [1.807, 2.05) is 0 Å². The van der Waals surface area contributed by atoms with E-state index in [1.165, 1.54) is 0 Å². The van der Waals surface area contributed by atoms with Gasteiger partial charge in [-0.2, -0.15) is 30.7 Å². The molecule has 1 saturated heterocycles. The molecule has 2 heterocycles. The van der Waals surface area contributed by atoms with Gasteiger partial charge in [-0.1, -0.05) is 0 Å². The molecule has 1 fully saturated rings. The monoisotopic (exact) mass is 380 g/mol. The lowest BCUT2D eigenvalue weighted by atomic mass is 9.90.